The van der Waals surface area contributed by atoms with Crippen LogP contribution in [-0.2, 0) is 22.4 Å². The minimum Gasteiger partial charge on any atom is -0.508 e. The number of urea groups is 1. The van der Waals surface area contributed by atoms with Crippen LogP contribution in [0.1, 0.15) is 24.0 Å². The molecule has 0 spiro atoms. The summed E-state index contributed by atoms with van der Waals surface area (Å²) < 4.78 is 5.12. The van der Waals surface area contributed by atoms with Gasteiger partial charge in [0.05, 0.1) is 7.11 Å². The van der Waals surface area contributed by atoms with Crippen molar-refractivity contribution in [2.45, 2.75) is 31.7 Å². The summed E-state index contributed by atoms with van der Waals surface area (Å²) in [6.45, 7) is 0.745. The fourth-order valence-electron chi connectivity index (χ4n) is 3.39. The Morgan fingerprint density at radius 2 is 1.71 bits per heavy atom. The second kappa shape index (κ2) is 10.5. The summed E-state index contributed by atoms with van der Waals surface area (Å²) >= 11 is 0. The molecule has 3 rings (SSSR count). The maximum absolute atomic E-state index is 12.5. The van der Waals surface area contributed by atoms with E-state index in [0.717, 1.165) is 16.9 Å². The number of phenolic OH excluding ortho intramolecular Hbond substituents is 1. The molecule has 0 aliphatic carbocycles. The minimum absolute atomic E-state index is 0.151. The van der Waals surface area contributed by atoms with E-state index in [0.29, 0.717) is 19.4 Å². The van der Waals surface area contributed by atoms with Crippen molar-refractivity contribution in [3.05, 3.63) is 59.7 Å². The van der Waals surface area contributed by atoms with Gasteiger partial charge in [0.25, 0.3) is 5.91 Å². The average Bonchev–Trinajstić information content (AvgIpc) is 3.05. The third-order valence-electron chi connectivity index (χ3n) is 5.22. The lowest BCUT2D eigenvalue weighted by molar-refractivity contribution is -0.127. The van der Waals surface area contributed by atoms with E-state index in [1.807, 2.05) is 24.3 Å². The van der Waals surface area contributed by atoms with Crippen molar-refractivity contribution < 1.29 is 24.2 Å². The SMILES string of the molecule is COc1ccc(CCN2C(=O)N[C@@H](CCC(=O)NCCc3ccc(O)cc3)C2=O)cc1. The molecule has 8 nitrogen and oxygen atoms in total. The number of nitrogens with zero attached hydrogens (tertiary/aromatic N) is 1. The molecule has 1 fully saturated rings. The number of phenols is 1. The zero-order valence-electron chi connectivity index (χ0n) is 17.5. The van der Waals surface area contributed by atoms with E-state index in [-0.39, 0.29) is 37.0 Å². The van der Waals surface area contributed by atoms with Gasteiger partial charge in [-0.15, -0.1) is 0 Å². The Balaban J connectivity index is 1.39. The van der Waals surface area contributed by atoms with E-state index in [4.69, 9.17) is 4.74 Å². The highest BCUT2D eigenvalue weighted by molar-refractivity contribution is 6.04. The average molecular weight is 425 g/mol. The standard InChI is InChI=1S/C23H27N3O5/c1-31-19-8-4-17(5-9-19)13-15-26-22(29)20(25-23(26)30)10-11-21(28)24-14-12-16-2-6-18(27)7-3-16/h2-9,20,27H,10-15H2,1H3,(H,24,28)(H,25,30)/t20-/m0/s1. The van der Waals surface area contributed by atoms with E-state index in [1.165, 1.54) is 4.90 Å². The van der Waals surface area contributed by atoms with Gasteiger partial charge in [0.2, 0.25) is 5.91 Å². The fraction of sp³-hybridized carbons (Fsp3) is 0.348. The number of nitrogens with one attached hydrogen (secondary N) is 2. The van der Waals surface area contributed by atoms with Crippen LogP contribution in [0.4, 0.5) is 4.79 Å². The Kier molecular flexibility index (Phi) is 7.48. The molecule has 164 valence electrons. The number of ether oxygens (including phenoxy) is 1. The van der Waals surface area contributed by atoms with Gasteiger partial charge in [-0.05, 0) is 54.7 Å². The summed E-state index contributed by atoms with van der Waals surface area (Å²) in [4.78, 5) is 38.0. The molecule has 31 heavy (non-hydrogen) atoms. The Labute approximate surface area is 181 Å². The molecular weight excluding hydrogens is 398 g/mol. The van der Waals surface area contributed by atoms with E-state index in [2.05, 4.69) is 10.6 Å². The Morgan fingerprint density at radius 3 is 2.39 bits per heavy atom. The maximum atomic E-state index is 12.5. The summed E-state index contributed by atoms with van der Waals surface area (Å²) in [6, 6.07) is 13.2. The Hall–Kier alpha value is -3.55. The van der Waals surface area contributed by atoms with Gasteiger partial charge in [-0.1, -0.05) is 24.3 Å². The first-order valence-electron chi connectivity index (χ1n) is 10.3. The number of carbonyl (C=O) groups excluding carboxylic acids is 3. The van der Waals surface area contributed by atoms with E-state index >= 15 is 0 Å². The van der Waals surface area contributed by atoms with Crippen LogP contribution in [0, 0.1) is 0 Å². The topological polar surface area (TPSA) is 108 Å². The van der Waals surface area contributed by atoms with Gasteiger partial charge in [0, 0.05) is 19.5 Å². The van der Waals surface area contributed by atoms with Crippen LogP contribution < -0.4 is 15.4 Å². The molecule has 1 aliphatic heterocycles. The maximum Gasteiger partial charge on any atom is 0.324 e. The highest BCUT2D eigenvalue weighted by Gasteiger charge is 2.37. The summed E-state index contributed by atoms with van der Waals surface area (Å²) in [5.41, 5.74) is 2.00. The molecule has 3 N–H and O–H groups in total. The zero-order chi connectivity index (χ0) is 22.2. The van der Waals surface area contributed by atoms with Gasteiger partial charge in [-0.25, -0.2) is 4.79 Å². The van der Waals surface area contributed by atoms with Crippen molar-refractivity contribution in [3.8, 4) is 11.5 Å². The molecule has 8 heteroatoms. The van der Waals surface area contributed by atoms with Gasteiger partial charge in [-0.2, -0.15) is 0 Å². The number of carbonyl (C=O) groups is 3. The van der Waals surface area contributed by atoms with Crippen LogP contribution >= 0.6 is 0 Å². The van der Waals surface area contributed by atoms with Crippen LogP contribution in [0.2, 0.25) is 0 Å². The summed E-state index contributed by atoms with van der Waals surface area (Å²) in [6.07, 6.45) is 1.60. The predicted molar refractivity (Wildman–Crippen MR) is 115 cm³/mol. The molecule has 1 atom stereocenters. The Bertz CT molecular complexity index is 912. The number of benzene rings is 2. The smallest absolute Gasteiger partial charge is 0.324 e. The number of amides is 4. The lowest BCUT2D eigenvalue weighted by atomic mass is 10.1. The lowest BCUT2D eigenvalue weighted by Crippen LogP contribution is -2.34. The summed E-state index contributed by atoms with van der Waals surface area (Å²) in [7, 11) is 1.60. The normalized spacial score (nSPS) is 15.6. The van der Waals surface area contributed by atoms with Gasteiger partial charge in [0.15, 0.2) is 0 Å². The number of imide groups is 1. The van der Waals surface area contributed by atoms with Crippen molar-refractivity contribution in [3.63, 3.8) is 0 Å². The van der Waals surface area contributed by atoms with Crippen molar-refractivity contribution >= 4 is 17.8 Å². The molecule has 0 bridgehead atoms. The molecule has 0 radical (unpaired) electrons. The van der Waals surface area contributed by atoms with Gasteiger partial charge in [0.1, 0.15) is 17.5 Å². The highest BCUT2D eigenvalue weighted by Crippen LogP contribution is 2.15. The van der Waals surface area contributed by atoms with Gasteiger partial charge < -0.3 is 20.5 Å². The zero-order valence-corrected chi connectivity index (χ0v) is 17.5. The molecule has 0 aromatic heterocycles. The van der Waals surface area contributed by atoms with Gasteiger partial charge >= 0.3 is 6.03 Å². The first-order chi connectivity index (χ1) is 15.0. The first kappa shape index (κ1) is 22.1. The van der Waals surface area contributed by atoms with E-state index in [1.54, 1.807) is 31.4 Å². The second-order valence-corrected chi connectivity index (χ2v) is 7.40. The number of methoxy groups -OCH3 is 1. The van der Waals surface area contributed by atoms with E-state index < -0.39 is 12.1 Å². The molecule has 1 saturated heterocycles. The van der Waals surface area contributed by atoms with Crippen LogP contribution in [-0.4, -0.2) is 54.1 Å². The van der Waals surface area contributed by atoms with Crippen LogP contribution in [0.3, 0.4) is 0 Å². The third kappa shape index (κ3) is 6.21. The van der Waals surface area contributed by atoms with Crippen LogP contribution in [0.5, 0.6) is 11.5 Å². The number of aromatic hydroxyl groups is 1. The Morgan fingerprint density at radius 1 is 1.06 bits per heavy atom. The minimum atomic E-state index is -0.675. The quantitative estimate of drug-likeness (QED) is 0.505. The lowest BCUT2D eigenvalue weighted by Gasteiger charge is -2.13. The third-order valence-corrected chi connectivity index (χ3v) is 5.22. The molecule has 0 saturated carbocycles. The van der Waals surface area contributed by atoms with E-state index in [9.17, 15) is 19.5 Å². The number of rotatable bonds is 10. The highest BCUT2D eigenvalue weighted by atomic mass is 16.5. The molecule has 0 unspecified atom stereocenters. The van der Waals surface area contributed by atoms with Crippen molar-refractivity contribution in [1.29, 1.82) is 0 Å². The molecular formula is C23H27N3O5. The van der Waals surface area contributed by atoms with Crippen LogP contribution in [0.25, 0.3) is 0 Å². The molecule has 1 aliphatic rings. The summed E-state index contributed by atoms with van der Waals surface area (Å²) in [5.74, 6) is 0.488. The largest absolute Gasteiger partial charge is 0.508 e. The van der Waals surface area contributed by atoms with Gasteiger partial charge in [-0.3, -0.25) is 14.5 Å². The van der Waals surface area contributed by atoms with Crippen molar-refractivity contribution in [2.24, 2.45) is 0 Å². The molecule has 4 amide bonds. The van der Waals surface area contributed by atoms with Crippen molar-refractivity contribution in [2.75, 3.05) is 20.2 Å². The first-order valence-corrected chi connectivity index (χ1v) is 10.3. The second-order valence-electron chi connectivity index (χ2n) is 7.40. The number of hydrogen-bond donors (Lipinski definition) is 3. The summed E-state index contributed by atoms with van der Waals surface area (Å²) in [5, 5.41) is 14.8. The molecule has 2 aromatic rings. The number of hydrogen-bond acceptors (Lipinski definition) is 5. The fourth-order valence-corrected chi connectivity index (χ4v) is 3.39. The van der Waals surface area contributed by atoms with Crippen molar-refractivity contribution in [1.82, 2.24) is 15.5 Å². The van der Waals surface area contributed by atoms with Crippen LogP contribution in [0.15, 0.2) is 48.5 Å². The predicted octanol–water partition coefficient (Wildman–Crippen LogP) is 2.00. The molecule has 2 aromatic carbocycles. The molecule has 1 heterocycles. The monoisotopic (exact) mass is 425 g/mol.